The molecule has 1 unspecified atom stereocenters. The average molecular weight is 609 g/mol. The van der Waals surface area contributed by atoms with Crippen LogP contribution in [0.25, 0.3) is 32.4 Å². The molecule has 1 fully saturated rings. The lowest BCUT2D eigenvalue weighted by molar-refractivity contribution is -0.168. The van der Waals surface area contributed by atoms with E-state index >= 15 is 0 Å². The van der Waals surface area contributed by atoms with Crippen LogP contribution in [0, 0.1) is 11.3 Å². The maximum atomic E-state index is 14.1. The molecular weight excluding hydrogens is 573 g/mol. The van der Waals surface area contributed by atoms with Crippen LogP contribution in [0.4, 0.5) is 0 Å². The Bertz CT molecular complexity index is 1740. The molecule has 3 heterocycles. The number of phenolic OH excluding ortho intramolecular Hbond substituents is 1. The van der Waals surface area contributed by atoms with Gasteiger partial charge in [0.05, 0.1) is 34.7 Å². The number of fused-ring (bicyclic) bond motifs is 2. The number of benzene rings is 2. The summed E-state index contributed by atoms with van der Waals surface area (Å²) >= 11 is 1.20. The van der Waals surface area contributed by atoms with Crippen molar-refractivity contribution in [2.75, 3.05) is 13.2 Å². The summed E-state index contributed by atoms with van der Waals surface area (Å²) in [4.78, 5) is 31.7. The fraction of sp³-hybridized carbons (Fsp3) is 0.467. The molecule has 1 atom stereocenters. The van der Waals surface area contributed by atoms with Crippen molar-refractivity contribution in [3.63, 3.8) is 0 Å². The minimum atomic E-state index is -1.36. The Hall–Kier alpha value is -3.34. The van der Waals surface area contributed by atoms with Gasteiger partial charge in [-0.2, -0.15) is 5.26 Å². The normalized spacial score (nSPS) is 15.8. The van der Waals surface area contributed by atoms with Gasteiger partial charge in [-0.1, -0.05) is 43.3 Å². The van der Waals surface area contributed by atoms with E-state index in [-0.39, 0.29) is 60.7 Å². The van der Waals surface area contributed by atoms with E-state index in [1.54, 1.807) is 30.3 Å². The summed E-state index contributed by atoms with van der Waals surface area (Å²) in [5, 5.41) is 20.6. The predicted octanol–water partition coefficient (Wildman–Crippen LogP) is 5.41. The lowest BCUT2D eigenvalue weighted by atomic mass is 10.1. The third-order valence-electron chi connectivity index (χ3n) is 7.24. The van der Waals surface area contributed by atoms with Gasteiger partial charge >= 0.3 is 0 Å². The van der Waals surface area contributed by atoms with E-state index in [0.29, 0.717) is 39.9 Å². The second kappa shape index (κ2) is 12.9. The Labute approximate surface area is 248 Å². The monoisotopic (exact) mass is 608 g/mol. The third-order valence-corrected chi connectivity index (χ3v) is 10.1. The lowest BCUT2D eigenvalue weighted by Gasteiger charge is -2.23. The summed E-state index contributed by atoms with van der Waals surface area (Å²) in [5.74, 6) is -0.0836. The molecule has 0 aliphatic carbocycles. The molecule has 0 bridgehead atoms. The molecule has 0 radical (unpaired) electrons. The van der Waals surface area contributed by atoms with Gasteiger partial charge in [-0.05, 0) is 49.1 Å². The Balaban J connectivity index is 1.59. The number of aryl methyl sites for hydroxylation is 1. The maximum Gasteiger partial charge on any atom is 0.279 e. The highest BCUT2D eigenvalue weighted by Crippen LogP contribution is 2.32. The van der Waals surface area contributed by atoms with Crippen LogP contribution in [0.2, 0.25) is 25.7 Å². The highest BCUT2D eigenvalue weighted by Gasteiger charge is 2.21. The van der Waals surface area contributed by atoms with E-state index < -0.39 is 8.07 Å². The van der Waals surface area contributed by atoms with Crippen LogP contribution < -0.4 is 11.1 Å². The third kappa shape index (κ3) is 6.66. The first-order valence-electron chi connectivity index (χ1n) is 14.2. The average Bonchev–Trinajstić information content (AvgIpc) is 3.29. The van der Waals surface area contributed by atoms with Gasteiger partial charge in [-0.25, -0.2) is 4.98 Å². The molecule has 1 N–H and O–H groups in total. The zero-order chi connectivity index (χ0) is 29.9. The van der Waals surface area contributed by atoms with E-state index in [1.807, 2.05) is 0 Å². The Morgan fingerprint density at radius 3 is 2.79 bits per heavy atom. The maximum absolute atomic E-state index is 14.1. The number of hydrogen-bond donors (Lipinski definition) is 1. The Morgan fingerprint density at radius 1 is 1.21 bits per heavy atom. The highest BCUT2D eigenvalue weighted by molar-refractivity contribution is 7.14. The van der Waals surface area contributed by atoms with Crippen molar-refractivity contribution < 1.29 is 19.3 Å². The van der Waals surface area contributed by atoms with Gasteiger partial charge in [0.1, 0.15) is 23.7 Å². The van der Waals surface area contributed by atoms with Crippen LogP contribution >= 0.6 is 11.5 Å². The Kier molecular flexibility index (Phi) is 9.24. The fourth-order valence-corrected chi connectivity index (χ4v) is 6.76. The van der Waals surface area contributed by atoms with Crippen molar-refractivity contribution in [1.82, 2.24) is 13.5 Å². The molecule has 42 heavy (non-hydrogen) atoms. The predicted molar refractivity (Wildman–Crippen MR) is 165 cm³/mol. The van der Waals surface area contributed by atoms with Crippen LogP contribution in [-0.4, -0.2) is 46.2 Å². The van der Waals surface area contributed by atoms with E-state index in [0.717, 1.165) is 25.3 Å². The summed E-state index contributed by atoms with van der Waals surface area (Å²) < 4.78 is 21.3. The quantitative estimate of drug-likeness (QED) is 0.177. The van der Waals surface area contributed by atoms with Gasteiger partial charge < -0.3 is 19.3 Å². The first-order valence-corrected chi connectivity index (χ1v) is 18.7. The van der Waals surface area contributed by atoms with E-state index in [2.05, 4.69) is 30.7 Å². The second-order valence-corrected chi connectivity index (χ2v) is 18.4. The molecule has 222 valence electrons. The highest BCUT2D eigenvalue weighted by atomic mass is 32.1. The molecule has 0 spiro atoms. The van der Waals surface area contributed by atoms with Crippen molar-refractivity contribution in [3.05, 3.63) is 56.6 Å². The molecule has 4 aromatic rings. The smallest absolute Gasteiger partial charge is 0.279 e. The molecule has 1 aliphatic rings. The molecule has 12 heteroatoms. The van der Waals surface area contributed by atoms with Gasteiger partial charge in [-0.15, -0.1) is 0 Å². The van der Waals surface area contributed by atoms with Gasteiger partial charge in [0.25, 0.3) is 11.1 Å². The molecule has 2 aromatic heterocycles. The fourth-order valence-electron chi connectivity index (χ4n) is 4.91. The topological polar surface area (TPSA) is 129 Å². The molecule has 10 nitrogen and oxygen atoms in total. The van der Waals surface area contributed by atoms with E-state index in [9.17, 15) is 14.7 Å². The molecule has 0 amide bonds. The first-order chi connectivity index (χ1) is 20.2. The van der Waals surface area contributed by atoms with Crippen LogP contribution in [0.1, 0.15) is 31.2 Å². The summed E-state index contributed by atoms with van der Waals surface area (Å²) in [6.07, 6.45) is 2.78. The van der Waals surface area contributed by atoms with Crippen LogP contribution in [-0.2, 0) is 34.1 Å². The number of rotatable bonds is 11. The van der Waals surface area contributed by atoms with Crippen molar-refractivity contribution in [3.8, 4) is 23.1 Å². The lowest BCUT2D eigenvalue weighted by Crippen LogP contribution is -2.27. The number of nitrogens with zero attached hydrogens (tertiary/aromatic N) is 4. The van der Waals surface area contributed by atoms with Crippen LogP contribution in [0.15, 0.2) is 39.9 Å². The number of phenols is 1. The largest absolute Gasteiger partial charge is 0.506 e. The number of aromatic hydroxyl groups is 1. The Morgan fingerprint density at radius 2 is 2.05 bits per heavy atom. The summed E-state index contributed by atoms with van der Waals surface area (Å²) in [6, 6.07) is 11.6. The molecule has 5 rings (SSSR count). The molecule has 1 saturated heterocycles. The number of aromatic nitrogens is 3. The number of hydrogen-bond acceptors (Lipinski definition) is 9. The van der Waals surface area contributed by atoms with Gasteiger partial charge in [0.2, 0.25) is 0 Å². The van der Waals surface area contributed by atoms with Gasteiger partial charge in [0, 0.05) is 33.4 Å². The summed E-state index contributed by atoms with van der Waals surface area (Å²) in [5.41, 5.74) is 1.39. The molecular formula is C30H36N4O6SSi. The summed E-state index contributed by atoms with van der Waals surface area (Å²) in [6.45, 7) is 8.43. The van der Waals surface area contributed by atoms with Crippen molar-refractivity contribution in [2.45, 2.75) is 77.5 Å². The number of nitriles is 1. The van der Waals surface area contributed by atoms with Gasteiger partial charge in [-0.3, -0.25) is 18.1 Å². The van der Waals surface area contributed by atoms with E-state index in [4.69, 9.17) is 19.5 Å². The first kappa shape index (κ1) is 30.1. The molecule has 0 saturated carbocycles. The van der Waals surface area contributed by atoms with Crippen LogP contribution in [0.3, 0.4) is 0 Å². The van der Waals surface area contributed by atoms with Crippen LogP contribution in [0.5, 0.6) is 5.75 Å². The summed E-state index contributed by atoms with van der Waals surface area (Å²) in [7, 11) is -1.36. The van der Waals surface area contributed by atoms with Crippen molar-refractivity contribution >= 4 is 40.7 Å². The SMILES string of the molecule is C[Si](C)(C)CCOCn1c(=O)c(-c2cccc3c(=O)n(CCC#N)sc23)nc2c(O)cc(COC3CCCCO3)cc21. The zero-order valence-corrected chi connectivity index (χ0v) is 26.0. The van der Waals surface area contributed by atoms with E-state index in [1.165, 1.54) is 20.1 Å². The zero-order valence-electron chi connectivity index (χ0n) is 24.2. The van der Waals surface area contributed by atoms with Gasteiger partial charge in [0.15, 0.2) is 6.29 Å². The minimum Gasteiger partial charge on any atom is -0.506 e. The standard InChI is InChI=1S/C30H36N4O6SSi/c1-42(2,3)15-14-38-19-33-23-16-20(18-40-25-10-4-5-13-39-25)17-24(35)27(23)32-26(30(33)37)21-8-6-9-22-28(21)41-34(29(22)36)12-7-11-31/h6,8-9,16-17,25,35H,4-5,7,10,12-15,18-19H2,1-3H3. The molecule has 2 aromatic carbocycles. The number of ether oxygens (including phenoxy) is 3. The second-order valence-electron chi connectivity index (χ2n) is 11.7. The van der Waals surface area contributed by atoms with Crippen molar-refractivity contribution in [1.29, 1.82) is 5.26 Å². The van der Waals surface area contributed by atoms with Crippen molar-refractivity contribution in [2.24, 2.45) is 0 Å². The minimum absolute atomic E-state index is 0.0137. The molecule has 1 aliphatic heterocycles.